The highest BCUT2D eigenvalue weighted by Gasteiger charge is 2.67. The number of hydrogen-bond donors (Lipinski definition) is 2. The third kappa shape index (κ3) is 2.93. The highest BCUT2D eigenvalue weighted by atomic mass is 32.2. The fourth-order valence-corrected chi connectivity index (χ4v) is 4.17. The number of rotatable bonds is 4. The van der Waals surface area contributed by atoms with Crippen molar-refractivity contribution in [2.24, 2.45) is 5.14 Å². The minimum atomic E-state index is -3.90. The molecule has 2 unspecified atom stereocenters. The average molecular weight is 327 g/mol. The first-order valence-electron chi connectivity index (χ1n) is 6.92. The predicted molar refractivity (Wildman–Crippen MR) is 81.8 cm³/mol. The molecule has 22 heavy (non-hydrogen) atoms. The molecule has 0 spiro atoms. The molecule has 0 bridgehead atoms. The van der Waals surface area contributed by atoms with Crippen molar-refractivity contribution in [3.8, 4) is 0 Å². The molecule has 3 N–H and O–H groups in total. The first-order valence-corrected chi connectivity index (χ1v) is 8.47. The minimum Gasteiger partial charge on any atom is -0.465 e. The number of sulfonamides is 1. The van der Waals surface area contributed by atoms with Crippen LogP contribution in [-0.4, -0.2) is 45.8 Å². The van der Waals surface area contributed by atoms with Crippen molar-refractivity contribution in [2.75, 3.05) is 0 Å². The SMILES string of the molecule is CC(C)(C)N(C(=O)O)C1CC1(Cc1ccncc1)S(N)(=O)=O. The normalized spacial score (nSPS) is 24.8. The van der Waals surface area contributed by atoms with E-state index in [4.69, 9.17) is 5.14 Å². The Morgan fingerprint density at radius 3 is 2.41 bits per heavy atom. The Morgan fingerprint density at radius 1 is 1.45 bits per heavy atom. The van der Waals surface area contributed by atoms with Gasteiger partial charge in [0.25, 0.3) is 0 Å². The summed E-state index contributed by atoms with van der Waals surface area (Å²) in [5, 5.41) is 14.9. The molecule has 0 aromatic carbocycles. The van der Waals surface area contributed by atoms with E-state index in [1.165, 1.54) is 4.90 Å². The van der Waals surface area contributed by atoms with Crippen LogP contribution in [-0.2, 0) is 16.4 Å². The molecule has 1 fully saturated rings. The Balaban J connectivity index is 2.38. The van der Waals surface area contributed by atoms with E-state index in [2.05, 4.69) is 4.98 Å². The Kier molecular flexibility index (Phi) is 3.95. The molecule has 1 aliphatic rings. The number of pyridine rings is 1. The lowest BCUT2D eigenvalue weighted by atomic mass is 10.0. The first kappa shape index (κ1) is 16.7. The topological polar surface area (TPSA) is 114 Å². The zero-order valence-corrected chi connectivity index (χ0v) is 13.7. The summed E-state index contributed by atoms with van der Waals surface area (Å²) in [6.07, 6.45) is 2.39. The molecule has 0 aliphatic heterocycles. The van der Waals surface area contributed by atoms with E-state index in [9.17, 15) is 18.3 Å². The second kappa shape index (κ2) is 5.20. The summed E-state index contributed by atoms with van der Waals surface area (Å²) in [5.41, 5.74) is 0.0621. The van der Waals surface area contributed by atoms with E-state index in [-0.39, 0.29) is 12.8 Å². The predicted octanol–water partition coefficient (Wildman–Crippen LogP) is 1.20. The van der Waals surface area contributed by atoms with Crippen LogP contribution in [0.2, 0.25) is 0 Å². The van der Waals surface area contributed by atoms with Crippen LogP contribution in [0.3, 0.4) is 0 Å². The van der Waals surface area contributed by atoms with Gasteiger partial charge >= 0.3 is 6.09 Å². The molecule has 1 amide bonds. The number of hydrogen-bond acceptors (Lipinski definition) is 4. The van der Waals surface area contributed by atoms with E-state index in [1.807, 2.05) is 0 Å². The molecule has 2 rings (SSSR count). The summed E-state index contributed by atoms with van der Waals surface area (Å²) in [6, 6.07) is 2.78. The largest absolute Gasteiger partial charge is 0.465 e. The van der Waals surface area contributed by atoms with Crippen LogP contribution in [0.5, 0.6) is 0 Å². The lowest BCUT2D eigenvalue weighted by Crippen LogP contribution is -2.51. The standard InChI is InChI=1S/C14H21N3O4S/c1-13(2,3)17(12(18)19)11-9-14(11,22(15,20)21)8-10-4-6-16-7-5-10/h4-7,11H,8-9H2,1-3H3,(H,18,19)(H2,15,20,21). The van der Waals surface area contributed by atoms with Gasteiger partial charge in [0.2, 0.25) is 10.0 Å². The summed E-state index contributed by atoms with van der Waals surface area (Å²) in [7, 11) is -3.90. The molecule has 0 saturated heterocycles. The van der Waals surface area contributed by atoms with Crippen LogP contribution < -0.4 is 5.14 Å². The van der Waals surface area contributed by atoms with E-state index in [1.54, 1.807) is 45.3 Å². The Hall–Kier alpha value is -1.67. The maximum atomic E-state index is 12.1. The summed E-state index contributed by atoms with van der Waals surface area (Å²) < 4.78 is 23.0. The van der Waals surface area contributed by atoms with Gasteiger partial charge < -0.3 is 5.11 Å². The highest BCUT2D eigenvalue weighted by Crippen LogP contribution is 2.50. The third-order valence-corrected chi connectivity index (χ3v) is 5.76. The molecular weight excluding hydrogens is 306 g/mol. The maximum Gasteiger partial charge on any atom is 0.408 e. The van der Waals surface area contributed by atoms with Gasteiger partial charge in [0, 0.05) is 17.9 Å². The van der Waals surface area contributed by atoms with Gasteiger partial charge in [-0.25, -0.2) is 18.4 Å². The van der Waals surface area contributed by atoms with Crippen LogP contribution in [0.25, 0.3) is 0 Å². The molecule has 1 heterocycles. The zero-order chi connectivity index (χ0) is 16.8. The van der Waals surface area contributed by atoms with E-state index in [0.717, 1.165) is 5.56 Å². The molecule has 1 saturated carbocycles. The van der Waals surface area contributed by atoms with Gasteiger partial charge in [-0.05, 0) is 51.3 Å². The molecule has 7 nitrogen and oxygen atoms in total. The number of amides is 1. The molecule has 8 heteroatoms. The van der Waals surface area contributed by atoms with Gasteiger partial charge in [-0.3, -0.25) is 9.88 Å². The second-order valence-electron chi connectivity index (χ2n) is 6.69. The number of primary sulfonamides is 1. The molecule has 0 radical (unpaired) electrons. The van der Waals surface area contributed by atoms with E-state index < -0.39 is 32.4 Å². The van der Waals surface area contributed by atoms with Crippen molar-refractivity contribution in [3.63, 3.8) is 0 Å². The van der Waals surface area contributed by atoms with Gasteiger partial charge in [-0.15, -0.1) is 0 Å². The highest BCUT2D eigenvalue weighted by molar-refractivity contribution is 7.91. The number of carboxylic acid groups (broad SMARTS) is 1. The Labute approximate surface area is 130 Å². The average Bonchev–Trinajstić information content (AvgIpc) is 3.02. The third-order valence-electron chi connectivity index (χ3n) is 4.05. The van der Waals surface area contributed by atoms with Crippen LogP contribution in [0.1, 0.15) is 32.8 Å². The maximum absolute atomic E-state index is 12.1. The molecular formula is C14H21N3O4S. The van der Waals surface area contributed by atoms with Crippen LogP contribution >= 0.6 is 0 Å². The first-order chi connectivity index (χ1) is 9.99. The lowest BCUT2D eigenvalue weighted by molar-refractivity contribution is 0.0927. The minimum absolute atomic E-state index is 0.179. The van der Waals surface area contributed by atoms with Crippen LogP contribution in [0, 0.1) is 0 Å². The second-order valence-corrected chi connectivity index (χ2v) is 8.59. The van der Waals surface area contributed by atoms with Crippen LogP contribution in [0.15, 0.2) is 24.5 Å². The van der Waals surface area contributed by atoms with Gasteiger partial charge in [-0.2, -0.15) is 0 Å². The lowest BCUT2D eigenvalue weighted by Gasteiger charge is -2.35. The number of nitrogens with zero attached hydrogens (tertiary/aromatic N) is 2. The fourth-order valence-electron chi connectivity index (χ4n) is 2.93. The smallest absolute Gasteiger partial charge is 0.408 e. The summed E-state index contributed by atoms with van der Waals surface area (Å²) in [6.45, 7) is 5.21. The van der Waals surface area contributed by atoms with Gasteiger partial charge in [0.15, 0.2) is 0 Å². The van der Waals surface area contributed by atoms with Crippen molar-refractivity contribution >= 4 is 16.1 Å². The molecule has 1 aliphatic carbocycles. The number of carbonyl (C=O) groups is 1. The van der Waals surface area contributed by atoms with Crippen molar-refractivity contribution in [3.05, 3.63) is 30.1 Å². The van der Waals surface area contributed by atoms with E-state index in [0.29, 0.717) is 0 Å². The number of nitrogens with two attached hydrogens (primary N) is 1. The van der Waals surface area contributed by atoms with Crippen molar-refractivity contribution in [2.45, 2.75) is 49.9 Å². The molecule has 122 valence electrons. The van der Waals surface area contributed by atoms with E-state index >= 15 is 0 Å². The molecule has 1 aromatic heterocycles. The Morgan fingerprint density at radius 2 is 2.00 bits per heavy atom. The quantitative estimate of drug-likeness (QED) is 0.862. The van der Waals surface area contributed by atoms with Gasteiger partial charge in [0.1, 0.15) is 4.75 Å². The van der Waals surface area contributed by atoms with Gasteiger partial charge in [0.05, 0.1) is 6.04 Å². The molecule has 2 atom stereocenters. The molecule has 1 aromatic rings. The number of aromatic nitrogens is 1. The van der Waals surface area contributed by atoms with Crippen molar-refractivity contribution in [1.82, 2.24) is 9.88 Å². The Bertz CT molecular complexity index is 669. The summed E-state index contributed by atoms with van der Waals surface area (Å²) in [5.74, 6) is 0. The zero-order valence-electron chi connectivity index (χ0n) is 12.9. The van der Waals surface area contributed by atoms with Crippen molar-refractivity contribution in [1.29, 1.82) is 0 Å². The van der Waals surface area contributed by atoms with Gasteiger partial charge in [-0.1, -0.05) is 0 Å². The van der Waals surface area contributed by atoms with Crippen molar-refractivity contribution < 1.29 is 18.3 Å². The fraction of sp³-hybridized carbons (Fsp3) is 0.571. The van der Waals surface area contributed by atoms with Crippen LogP contribution in [0.4, 0.5) is 4.79 Å². The summed E-state index contributed by atoms with van der Waals surface area (Å²) >= 11 is 0. The summed E-state index contributed by atoms with van der Waals surface area (Å²) in [4.78, 5) is 16.7. The monoisotopic (exact) mass is 327 g/mol.